The summed E-state index contributed by atoms with van der Waals surface area (Å²) in [6.45, 7) is 5.60. The molecular formula is C12H16N2O4. The van der Waals surface area contributed by atoms with Crippen molar-refractivity contribution >= 4 is 6.09 Å². The van der Waals surface area contributed by atoms with E-state index >= 15 is 0 Å². The first-order chi connectivity index (χ1) is 8.44. The van der Waals surface area contributed by atoms with Crippen LogP contribution in [0, 0.1) is 0 Å². The zero-order valence-corrected chi connectivity index (χ0v) is 10.6. The summed E-state index contributed by atoms with van der Waals surface area (Å²) >= 11 is 0. The number of carbonyl (C=O) groups excluding carboxylic acids is 1. The molecule has 0 bridgehead atoms. The maximum atomic E-state index is 11.5. The second-order valence-corrected chi connectivity index (χ2v) is 4.87. The minimum Gasteiger partial charge on any atom is -0.482 e. The first-order valence-corrected chi connectivity index (χ1v) is 5.68. The monoisotopic (exact) mass is 252 g/mol. The van der Waals surface area contributed by atoms with Crippen LogP contribution < -0.4 is 14.8 Å². The minimum absolute atomic E-state index is 0.220. The normalized spacial score (nSPS) is 18.1. The van der Waals surface area contributed by atoms with Gasteiger partial charge in [0.05, 0.1) is 0 Å². The number of carbonyl (C=O) groups is 1. The molecule has 0 saturated heterocycles. The summed E-state index contributed by atoms with van der Waals surface area (Å²) in [6.07, 6.45) is 0.454. The lowest BCUT2D eigenvalue weighted by Crippen LogP contribution is -2.47. The van der Waals surface area contributed by atoms with E-state index in [9.17, 15) is 4.79 Å². The molecule has 1 aromatic rings. The van der Waals surface area contributed by atoms with Crippen LogP contribution in [0.25, 0.3) is 0 Å². The first kappa shape index (κ1) is 12.5. The van der Waals surface area contributed by atoms with Crippen LogP contribution in [0.3, 0.4) is 0 Å². The van der Waals surface area contributed by atoms with Crippen molar-refractivity contribution in [2.45, 2.75) is 32.6 Å². The smallest absolute Gasteiger partial charge is 0.410 e. The second-order valence-electron chi connectivity index (χ2n) is 4.87. The van der Waals surface area contributed by atoms with Crippen LogP contribution in [-0.2, 0) is 4.74 Å². The Bertz CT molecular complexity index is 442. The molecule has 6 heteroatoms. The highest BCUT2D eigenvalue weighted by molar-refractivity contribution is 5.68. The number of hydrogen-bond donors (Lipinski definition) is 1. The Morgan fingerprint density at radius 2 is 2.33 bits per heavy atom. The molecule has 1 atom stereocenters. The Kier molecular flexibility index (Phi) is 3.27. The molecule has 98 valence electrons. The van der Waals surface area contributed by atoms with Gasteiger partial charge in [-0.25, -0.2) is 9.78 Å². The highest BCUT2D eigenvalue weighted by Crippen LogP contribution is 2.27. The number of hydrogen-bond acceptors (Lipinski definition) is 5. The summed E-state index contributed by atoms with van der Waals surface area (Å²) in [5.41, 5.74) is -0.546. The number of alkyl carbamates (subject to hydrolysis) is 1. The van der Waals surface area contributed by atoms with Gasteiger partial charge in [-0.05, 0) is 32.9 Å². The van der Waals surface area contributed by atoms with Crippen molar-refractivity contribution in [3.8, 4) is 11.6 Å². The molecule has 0 aromatic carbocycles. The third-order valence-electron chi connectivity index (χ3n) is 2.06. The third-order valence-corrected chi connectivity index (χ3v) is 2.06. The van der Waals surface area contributed by atoms with Gasteiger partial charge in [0.15, 0.2) is 5.75 Å². The van der Waals surface area contributed by atoms with Crippen molar-refractivity contribution < 1.29 is 19.0 Å². The van der Waals surface area contributed by atoms with Gasteiger partial charge in [0.25, 0.3) is 5.88 Å². The maximum Gasteiger partial charge on any atom is 0.410 e. The molecule has 0 saturated carbocycles. The van der Waals surface area contributed by atoms with E-state index in [-0.39, 0.29) is 6.61 Å². The van der Waals surface area contributed by atoms with E-state index in [4.69, 9.17) is 14.2 Å². The van der Waals surface area contributed by atoms with Gasteiger partial charge in [-0.15, -0.1) is 0 Å². The molecule has 2 rings (SSSR count). The van der Waals surface area contributed by atoms with Crippen LogP contribution >= 0.6 is 0 Å². The van der Waals surface area contributed by atoms with E-state index < -0.39 is 17.9 Å². The third kappa shape index (κ3) is 3.26. The zero-order chi connectivity index (χ0) is 13.2. The predicted octanol–water partition coefficient (Wildman–Crippen LogP) is 1.70. The molecule has 1 unspecified atom stereocenters. The summed E-state index contributed by atoms with van der Waals surface area (Å²) in [7, 11) is 0. The molecule has 1 N–H and O–H groups in total. The van der Waals surface area contributed by atoms with Crippen LogP contribution in [0.5, 0.6) is 11.6 Å². The lowest BCUT2D eigenvalue weighted by Gasteiger charge is -2.27. The van der Waals surface area contributed by atoms with Gasteiger partial charge in [0, 0.05) is 6.20 Å². The lowest BCUT2D eigenvalue weighted by molar-refractivity contribution is 0.0213. The highest BCUT2D eigenvalue weighted by atomic mass is 16.6. The number of ether oxygens (including phenoxy) is 3. The molecule has 6 nitrogen and oxygen atoms in total. The number of pyridine rings is 1. The molecule has 0 spiro atoms. The van der Waals surface area contributed by atoms with E-state index in [0.717, 1.165) is 0 Å². The van der Waals surface area contributed by atoms with Gasteiger partial charge < -0.3 is 14.2 Å². The van der Waals surface area contributed by atoms with Crippen LogP contribution in [0.2, 0.25) is 0 Å². The Morgan fingerprint density at radius 3 is 3.06 bits per heavy atom. The van der Waals surface area contributed by atoms with E-state index in [1.54, 1.807) is 39.1 Å². The quantitative estimate of drug-likeness (QED) is 0.823. The average molecular weight is 252 g/mol. The molecule has 2 heterocycles. The SMILES string of the molecule is CC(C)(C)OC(=O)NC1COc2cccnc2O1. The van der Waals surface area contributed by atoms with Crippen LogP contribution in [0.15, 0.2) is 18.3 Å². The largest absolute Gasteiger partial charge is 0.482 e. The standard InChI is InChI=1S/C12H16N2O4/c1-12(2,3)18-11(15)14-9-7-16-8-5-4-6-13-10(8)17-9/h4-6,9H,7H2,1-3H3,(H,14,15). The average Bonchev–Trinajstić information content (AvgIpc) is 2.26. The van der Waals surface area contributed by atoms with E-state index in [1.165, 1.54) is 0 Å². The van der Waals surface area contributed by atoms with Crippen LogP contribution in [0.1, 0.15) is 20.8 Å². The first-order valence-electron chi connectivity index (χ1n) is 5.68. The van der Waals surface area contributed by atoms with Crippen LogP contribution in [-0.4, -0.2) is 29.5 Å². The van der Waals surface area contributed by atoms with Crippen molar-refractivity contribution in [2.24, 2.45) is 0 Å². The van der Waals surface area contributed by atoms with Crippen molar-refractivity contribution in [1.29, 1.82) is 0 Å². The van der Waals surface area contributed by atoms with E-state index in [0.29, 0.717) is 11.6 Å². The van der Waals surface area contributed by atoms with Gasteiger partial charge in [-0.3, -0.25) is 5.32 Å². The topological polar surface area (TPSA) is 69.7 Å². The number of amides is 1. The Labute approximate surface area is 105 Å². The number of nitrogens with zero attached hydrogens (tertiary/aromatic N) is 1. The summed E-state index contributed by atoms with van der Waals surface area (Å²) in [6, 6.07) is 3.51. The zero-order valence-electron chi connectivity index (χ0n) is 10.6. The maximum absolute atomic E-state index is 11.5. The van der Waals surface area contributed by atoms with Gasteiger partial charge in [0.2, 0.25) is 6.23 Å². The van der Waals surface area contributed by atoms with E-state index in [1.807, 2.05) is 0 Å². The van der Waals surface area contributed by atoms with Crippen molar-refractivity contribution in [3.05, 3.63) is 18.3 Å². The van der Waals surface area contributed by atoms with Gasteiger partial charge in [-0.2, -0.15) is 0 Å². The summed E-state index contributed by atoms with van der Waals surface area (Å²) in [4.78, 5) is 15.6. The molecular weight excluding hydrogens is 236 g/mol. The Hall–Kier alpha value is -1.98. The molecule has 18 heavy (non-hydrogen) atoms. The van der Waals surface area contributed by atoms with Crippen molar-refractivity contribution in [3.63, 3.8) is 0 Å². The molecule has 1 aliphatic heterocycles. The van der Waals surface area contributed by atoms with Gasteiger partial charge >= 0.3 is 6.09 Å². The second kappa shape index (κ2) is 4.72. The number of rotatable bonds is 1. The van der Waals surface area contributed by atoms with Crippen LogP contribution in [0.4, 0.5) is 4.79 Å². The summed E-state index contributed by atoms with van der Waals surface area (Å²) in [5.74, 6) is 0.935. The lowest BCUT2D eigenvalue weighted by atomic mass is 10.2. The molecule has 1 aromatic heterocycles. The highest BCUT2D eigenvalue weighted by Gasteiger charge is 2.25. The fourth-order valence-electron chi connectivity index (χ4n) is 1.42. The molecule has 0 aliphatic carbocycles. The van der Waals surface area contributed by atoms with E-state index in [2.05, 4.69) is 10.3 Å². The number of fused-ring (bicyclic) bond motifs is 1. The molecule has 1 aliphatic rings. The Balaban J connectivity index is 1.92. The molecule has 1 amide bonds. The number of nitrogens with one attached hydrogen (secondary N) is 1. The summed E-state index contributed by atoms with van der Waals surface area (Å²) < 4.78 is 16.0. The van der Waals surface area contributed by atoms with Crippen molar-refractivity contribution in [2.75, 3.05) is 6.61 Å². The van der Waals surface area contributed by atoms with Gasteiger partial charge in [0.1, 0.15) is 12.2 Å². The summed E-state index contributed by atoms with van der Waals surface area (Å²) in [5, 5.41) is 2.57. The molecule has 0 fully saturated rings. The van der Waals surface area contributed by atoms with Crippen molar-refractivity contribution in [1.82, 2.24) is 10.3 Å². The fourth-order valence-corrected chi connectivity index (χ4v) is 1.42. The molecule has 0 radical (unpaired) electrons. The predicted molar refractivity (Wildman–Crippen MR) is 63.5 cm³/mol. The fraction of sp³-hybridized carbons (Fsp3) is 0.500. The Morgan fingerprint density at radius 1 is 1.56 bits per heavy atom. The van der Waals surface area contributed by atoms with Gasteiger partial charge in [-0.1, -0.05) is 0 Å². The number of aromatic nitrogens is 1. The minimum atomic E-state index is -0.595.